The van der Waals surface area contributed by atoms with Gasteiger partial charge in [0.2, 0.25) is 0 Å². The molecular weight excluding hydrogens is 311 g/mol. The summed E-state index contributed by atoms with van der Waals surface area (Å²) in [6, 6.07) is 8.42. The zero-order valence-electron chi connectivity index (χ0n) is 11.5. The van der Waals surface area contributed by atoms with Crippen LogP contribution in [0.3, 0.4) is 0 Å². The van der Waals surface area contributed by atoms with Gasteiger partial charge in [0.25, 0.3) is 0 Å². The van der Waals surface area contributed by atoms with Crippen molar-refractivity contribution in [2.75, 3.05) is 6.54 Å². The molecule has 2 rings (SSSR count). The minimum absolute atomic E-state index is 0.123. The minimum atomic E-state index is -0.835. The molecule has 0 fully saturated rings. The maximum atomic E-state index is 10.2. The first kappa shape index (κ1) is 16.0. The highest BCUT2D eigenvalue weighted by Gasteiger charge is 2.15. The molecule has 1 atom stereocenters. The van der Waals surface area contributed by atoms with Crippen molar-refractivity contribution in [2.24, 2.45) is 0 Å². The Hall–Kier alpha value is -1.33. The first-order chi connectivity index (χ1) is 9.99. The van der Waals surface area contributed by atoms with Crippen LogP contribution in [0.15, 0.2) is 30.3 Å². The van der Waals surface area contributed by atoms with Crippen LogP contribution in [0.1, 0.15) is 23.1 Å². The summed E-state index contributed by atoms with van der Waals surface area (Å²) in [6.07, 6.45) is -0.835. The van der Waals surface area contributed by atoms with E-state index in [-0.39, 0.29) is 12.3 Å². The number of hydrogen-bond acceptors (Lipinski definition) is 4. The lowest BCUT2D eigenvalue weighted by Gasteiger charge is -2.15. The number of aromatic hydroxyl groups is 1. The van der Waals surface area contributed by atoms with Crippen LogP contribution in [-0.4, -0.2) is 21.7 Å². The number of aliphatic hydroxyl groups excluding tert-OH is 1. The van der Waals surface area contributed by atoms with Gasteiger partial charge in [0.15, 0.2) is 0 Å². The second kappa shape index (κ2) is 7.09. The van der Waals surface area contributed by atoms with Gasteiger partial charge in [-0.25, -0.2) is 0 Å². The summed E-state index contributed by atoms with van der Waals surface area (Å²) in [7, 11) is 0. The molecule has 0 aliphatic heterocycles. The summed E-state index contributed by atoms with van der Waals surface area (Å²) >= 11 is 12.1. The predicted octanol–water partition coefficient (Wildman–Crippen LogP) is 3.23. The highest BCUT2D eigenvalue weighted by atomic mass is 35.5. The van der Waals surface area contributed by atoms with Crippen LogP contribution in [0.25, 0.3) is 0 Å². The van der Waals surface area contributed by atoms with Crippen LogP contribution in [0, 0.1) is 6.92 Å². The first-order valence-corrected chi connectivity index (χ1v) is 7.23. The molecule has 0 radical (unpaired) electrons. The van der Waals surface area contributed by atoms with Gasteiger partial charge in [0.1, 0.15) is 5.75 Å². The van der Waals surface area contributed by atoms with Crippen molar-refractivity contribution in [1.29, 1.82) is 0 Å². The van der Waals surface area contributed by atoms with Crippen LogP contribution < -0.4 is 5.32 Å². The fourth-order valence-electron chi connectivity index (χ4n) is 1.99. The average Bonchev–Trinajstić information content (AvgIpc) is 2.42. The molecule has 112 valence electrons. The lowest BCUT2D eigenvalue weighted by Crippen LogP contribution is -2.22. The molecule has 2 aromatic rings. The van der Waals surface area contributed by atoms with Crippen molar-refractivity contribution in [3.8, 4) is 5.75 Å². The van der Waals surface area contributed by atoms with Crippen LogP contribution in [0.5, 0.6) is 5.75 Å². The van der Waals surface area contributed by atoms with Gasteiger partial charge in [-0.1, -0.05) is 29.3 Å². The van der Waals surface area contributed by atoms with E-state index in [9.17, 15) is 10.2 Å². The molecule has 0 amide bonds. The standard InChI is InChI=1S/C15H16Cl2N2O2/c1-9-5-6-13(20)12(19-9)7-18-8-14(21)15-10(16)3-2-4-11(15)17/h2-6,14,18,20-21H,7-8H2,1H3. The summed E-state index contributed by atoms with van der Waals surface area (Å²) in [6.45, 7) is 2.44. The minimum Gasteiger partial charge on any atom is -0.506 e. The summed E-state index contributed by atoms with van der Waals surface area (Å²) < 4.78 is 0. The second-order valence-corrected chi connectivity index (χ2v) is 5.51. The maximum absolute atomic E-state index is 10.2. The van der Waals surface area contributed by atoms with Gasteiger partial charge >= 0.3 is 0 Å². The van der Waals surface area contributed by atoms with Crippen LogP contribution in [-0.2, 0) is 6.54 Å². The number of aliphatic hydroxyl groups is 1. The van der Waals surface area contributed by atoms with E-state index in [2.05, 4.69) is 10.3 Å². The Morgan fingerprint density at radius 2 is 1.86 bits per heavy atom. The number of nitrogens with one attached hydrogen (secondary N) is 1. The topological polar surface area (TPSA) is 65.4 Å². The lowest BCUT2D eigenvalue weighted by atomic mass is 10.1. The van der Waals surface area contributed by atoms with E-state index < -0.39 is 6.10 Å². The third-order valence-corrected chi connectivity index (χ3v) is 3.71. The number of aromatic nitrogens is 1. The van der Waals surface area contributed by atoms with Gasteiger partial charge in [-0.2, -0.15) is 0 Å². The van der Waals surface area contributed by atoms with Crippen molar-refractivity contribution < 1.29 is 10.2 Å². The number of nitrogens with zero attached hydrogens (tertiary/aromatic N) is 1. The summed E-state index contributed by atoms with van der Waals surface area (Å²) in [4.78, 5) is 4.23. The third kappa shape index (κ3) is 4.08. The molecule has 0 spiro atoms. The number of hydrogen-bond donors (Lipinski definition) is 3. The van der Waals surface area contributed by atoms with Crippen LogP contribution >= 0.6 is 23.2 Å². The summed E-state index contributed by atoms with van der Waals surface area (Å²) in [5.41, 5.74) is 1.85. The van der Waals surface area contributed by atoms with E-state index in [0.29, 0.717) is 27.8 Å². The van der Waals surface area contributed by atoms with Gasteiger partial charge in [-0.15, -0.1) is 0 Å². The Labute approximate surface area is 133 Å². The molecular formula is C15H16Cl2N2O2. The predicted molar refractivity (Wildman–Crippen MR) is 83.8 cm³/mol. The Kier molecular flexibility index (Phi) is 5.42. The zero-order chi connectivity index (χ0) is 15.4. The van der Waals surface area contributed by atoms with Crippen molar-refractivity contribution in [2.45, 2.75) is 19.6 Å². The van der Waals surface area contributed by atoms with Crippen molar-refractivity contribution >= 4 is 23.2 Å². The molecule has 1 aromatic carbocycles. The molecule has 0 saturated carbocycles. The number of halogens is 2. The molecule has 1 heterocycles. The second-order valence-electron chi connectivity index (χ2n) is 4.70. The van der Waals surface area contributed by atoms with E-state index in [4.69, 9.17) is 23.2 Å². The third-order valence-electron chi connectivity index (χ3n) is 3.05. The molecule has 3 N–H and O–H groups in total. The van der Waals surface area contributed by atoms with Crippen LogP contribution in [0.2, 0.25) is 10.0 Å². The normalized spacial score (nSPS) is 12.4. The first-order valence-electron chi connectivity index (χ1n) is 6.47. The maximum Gasteiger partial charge on any atom is 0.138 e. The Morgan fingerprint density at radius 1 is 1.19 bits per heavy atom. The van der Waals surface area contributed by atoms with Crippen molar-refractivity contribution in [3.05, 3.63) is 57.3 Å². The lowest BCUT2D eigenvalue weighted by molar-refractivity contribution is 0.174. The van der Waals surface area contributed by atoms with Gasteiger partial charge < -0.3 is 15.5 Å². The number of aryl methyl sites for hydroxylation is 1. The van der Waals surface area contributed by atoms with Gasteiger partial charge in [0, 0.05) is 34.4 Å². The molecule has 4 nitrogen and oxygen atoms in total. The van der Waals surface area contributed by atoms with E-state index in [1.807, 2.05) is 6.92 Å². The molecule has 21 heavy (non-hydrogen) atoms. The largest absolute Gasteiger partial charge is 0.506 e. The number of benzene rings is 1. The van der Waals surface area contributed by atoms with E-state index in [0.717, 1.165) is 5.69 Å². The van der Waals surface area contributed by atoms with Gasteiger partial charge in [-0.3, -0.25) is 4.98 Å². The molecule has 1 aromatic heterocycles. The smallest absolute Gasteiger partial charge is 0.138 e. The molecule has 0 aliphatic carbocycles. The highest BCUT2D eigenvalue weighted by Crippen LogP contribution is 2.29. The van der Waals surface area contributed by atoms with Crippen molar-refractivity contribution in [1.82, 2.24) is 10.3 Å². The monoisotopic (exact) mass is 326 g/mol. The molecule has 1 unspecified atom stereocenters. The molecule has 0 bridgehead atoms. The van der Waals surface area contributed by atoms with E-state index in [1.54, 1.807) is 30.3 Å². The van der Waals surface area contributed by atoms with E-state index in [1.165, 1.54) is 0 Å². The average molecular weight is 327 g/mol. The molecule has 0 aliphatic rings. The fraction of sp³-hybridized carbons (Fsp3) is 0.267. The van der Waals surface area contributed by atoms with Gasteiger partial charge in [-0.05, 0) is 31.2 Å². The Morgan fingerprint density at radius 3 is 2.52 bits per heavy atom. The fourth-order valence-corrected chi connectivity index (χ4v) is 2.64. The van der Waals surface area contributed by atoms with Gasteiger partial charge in [0.05, 0.1) is 11.8 Å². The highest BCUT2D eigenvalue weighted by molar-refractivity contribution is 6.36. The summed E-state index contributed by atoms with van der Waals surface area (Å²) in [5, 5.41) is 23.7. The molecule has 0 saturated heterocycles. The number of rotatable bonds is 5. The zero-order valence-corrected chi connectivity index (χ0v) is 13.0. The van der Waals surface area contributed by atoms with E-state index >= 15 is 0 Å². The quantitative estimate of drug-likeness (QED) is 0.789. The van der Waals surface area contributed by atoms with Crippen LogP contribution in [0.4, 0.5) is 0 Å². The van der Waals surface area contributed by atoms with Crippen molar-refractivity contribution in [3.63, 3.8) is 0 Å². The SMILES string of the molecule is Cc1ccc(O)c(CNCC(O)c2c(Cl)cccc2Cl)n1. The Bertz CT molecular complexity index is 615. The number of pyridine rings is 1. The molecule has 6 heteroatoms. The summed E-state index contributed by atoms with van der Waals surface area (Å²) in [5.74, 6) is 0.123. The Balaban J connectivity index is 1.98.